The molecule has 2 heterocycles. The Hall–Kier alpha value is -2.63. The van der Waals surface area contributed by atoms with Crippen molar-refractivity contribution in [3.8, 4) is 0 Å². The number of aromatic nitrogens is 1. The Labute approximate surface area is 168 Å². The van der Waals surface area contributed by atoms with E-state index in [9.17, 15) is 9.59 Å². The fourth-order valence-corrected chi connectivity index (χ4v) is 3.92. The third kappa shape index (κ3) is 3.68. The first-order chi connectivity index (χ1) is 13.5. The summed E-state index contributed by atoms with van der Waals surface area (Å²) in [5, 5.41) is 1.52. The summed E-state index contributed by atoms with van der Waals surface area (Å²) in [6.45, 7) is 5.26. The molecule has 1 aliphatic rings. The van der Waals surface area contributed by atoms with Crippen LogP contribution in [0.2, 0.25) is 5.02 Å². The molecule has 1 N–H and O–H groups in total. The Morgan fingerprint density at radius 1 is 1.07 bits per heavy atom. The summed E-state index contributed by atoms with van der Waals surface area (Å²) in [7, 11) is 0. The number of piperazine rings is 1. The van der Waals surface area contributed by atoms with Crippen molar-refractivity contribution in [3.05, 3.63) is 80.6 Å². The van der Waals surface area contributed by atoms with Crippen LogP contribution in [0.25, 0.3) is 10.9 Å². The number of nitrogens with one attached hydrogen (secondary N) is 1. The highest BCUT2D eigenvalue weighted by Gasteiger charge is 2.24. The number of pyridine rings is 1. The lowest BCUT2D eigenvalue weighted by Crippen LogP contribution is -2.48. The second-order valence-corrected chi connectivity index (χ2v) is 7.62. The molecule has 0 atom stereocenters. The van der Waals surface area contributed by atoms with Gasteiger partial charge in [0.2, 0.25) is 0 Å². The molecule has 1 aromatic heterocycles. The standard InChI is InChI=1S/C22H22ClN3O2/c1-15-5-4-6-16-13-17(21(27)24-20(15)16)14-25-9-11-26(12-10-25)22(28)18-7-2-3-8-19(18)23/h2-8,13H,9-12,14H2,1H3,(H,24,27). The van der Waals surface area contributed by atoms with Gasteiger partial charge in [-0.1, -0.05) is 41.9 Å². The number of aromatic amines is 1. The van der Waals surface area contributed by atoms with E-state index >= 15 is 0 Å². The Bertz CT molecular complexity index is 1080. The van der Waals surface area contributed by atoms with E-state index in [1.54, 1.807) is 12.1 Å². The third-order valence-corrected chi connectivity index (χ3v) is 5.65. The fourth-order valence-electron chi connectivity index (χ4n) is 3.70. The lowest BCUT2D eigenvalue weighted by atomic mass is 10.1. The number of hydrogen-bond acceptors (Lipinski definition) is 3. The highest BCUT2D eigenvalue weighted by Crippen LogP contribution is 2.19. The van der Waals surface area contributed by atoms with Crippen LogP contribution in [0.15, 0.2) is 53.3 Å². The first-order valence-corrected chi connectivity index (χ1v) is 9.78. The van der Waals surface area contributed by atoms with Gasteiger partial charge in [0.25, 0.3) is 11.5 Å². The van der Waals surface area contributed by atoms with Gasteiger partial charge in [0.1, 0.15) is 0 Å². The van der Waals surface area contributed by atoms with Crippen LogP contribution in [0.3, 0.4) is 0 Å². The highest BCUT2D eigenvalue weighted by molar-refractivity contribution is 6.33. The van der Waals surface area contributed by atoms with E-state index in [-0.39, 0.29) is 11.5 Å². The van der Waals surface area contributed by atoms with Crippen molar-refractivity contribution in [2.45, 2.75) is 13.5 Å². The SMILES string of the molecule is Cc1cccc2cc(CN3CCN(C(=O)c4ccccc4Cl)CC3)c(=O)[nH]c12. The van der Waals surface area contributed by atoms with Crippen molar-refractivity contribution >= 4 is 28.4 Å². The number of benzene rings is 2. The van der Waals surface area contributed by atoms with E-state index in [0.717, 1.165) is 35.1 Å². The fraction of sp³-hybridized carbons (Fsp3) is 0.273. The third-order valence-electron chi connectivity index (χ3n) is 5.32. The van der Waals surface area contributed by atoms with Crippen molar-refractivity contribution in [3.63, 3.8) is 0 Å². The van der Waals surface area contributed by atoms with Crippen molar-refractivity contribution in [2.24, 2.45) is 0 Å². The minimum atomic E-state index is -0.0450. The monoisotopic (exact) mass is 395 g/mol. The number of para-hydroxylation sites is 1. The lowest BCUT2D eigenvalue weighted by molar-refractivity contribution is 0.0628. The zero-order chi connectivity index (χ0) is 19.7. The van der Waals surface area contributed by atoms with Gasteiger partial charge in [0.15, 0.2) is 0 Å². The Morgan fingerprint density at radius 2 is 1.82 bits per heavy atom. The number of H-pyrrole nitrogens is 1. The Kier molecular flexibility index (Phi) is 5.20. The van der Waals surface area contributed by atoms with Crippen molar-refractivity contribution < 1.29 is 4.79 Å². The van der Waals surface area contributed by atoms with Crippen LogP contribution in [-0.4, -0.2) is 46.9 Å². The van der Waals surface area contributed by atoms with Crippen LogP contribution < -0.4 is 5.56 Å². The Morgan fingerprint density at radius 3 is 2.57 bits per heavy atom. The van der Waals surface area contributed by atoms with E-state index in [1.807, 2.05) is 48.2 Å². The van der Waals surface area contributed by atoms with Crippen LogP contribution in [0.1, 0.15) is 21.5 Å². The molecule has 4 rings (SSSR count). The van der Waals surface area contributed by atoms with E-state index in [4.69, 9.17) is 11.6 Å². The normalized spacial score (nSPS) is 15.1. The summed E-state index contributed by atoms with van der Waals surface area (Å²) in [4.78, 5) is 32.2. The van der Waals surface area contributed by atoms with Crippen molar-refractivity contribution in [1.82, 2.24) is 14.8 Å². The average molecular weight is 396 g/mol. The van der Waals surface area contributed by atoms with Gasteiger partial charge in [-0.05, 0) is 36.1 Å². The number of hydrogen-bond donors (Lipinski definition) is 1. The lowest BCUT2D eigenvalue weighted by Gasteiger charge is -2.34. The quantitative estimate of drug-likeness (QED) is 0.739. The minimum Gasteiger partial charge on any atom is -0.336 e. The Balaban J connectivity index is 1.44. The molecule has 144 valence electrons. The van der Waals surface area contributed by atoms with Crippen LogP contribution in [-0.2, 0) is 6.54 Å². The molecule has 0 unspecified atom stereocenters. The summed E-state index contributed by atoms with van der Waals surface area (Å²) in [5.41, 5.74) is 3.21. The van der Waals surface area contributed by atoms with Gasteiger partial charge in [-0.2, -0.15) is 0 Å². The first kappa shape index (κ1) is 18.7. The molecule has 1 fully saturated rings. The molecule has 28 heavy (non-hydrogen) atoms. The first-order valence-electron chi connectivity index (χ1n) is 9.40. The molecule has 0 radical (unpaired) electrons. The maximum atomic E-state index is 12.7. The average Bonchev–Trinajstić information content (AvgIpc) is 2.70. The molecule has 3 aromatic rings. The summed E-state index contributed by atoms with van der Waals surface area (Å²) >= 11 is 6.15. The summed E-state index contributed by atoms with van der Waals surface area (Å²) in [5.74, 6) is -0.0377. The molecule has 0 aliphatic carbocycles. The number of halogens is 1. The maximum Gasteiger partial charge on any atom is 0.255 e. The minimum absolute atomic E-state index is 0.0377. The van der Waals surface area contributed by atoms with Gasteiger partial charge in [-0.3, -0.25) is 14.5 Å². The predicted octanol–water partition coefficient (Wildman–Crippen LogP) is 3.45. The number of carbonyl (C=O) groups is 1. The van der Waals surface area contributed by atoms with Crippen LogP contribution in [0.4, 0.5) is 0 Å². The molecule has 2 aromatic carbocycles. The van der Waals surface area contributed by atoms with Crippen molar-refractivity contribution in [2.75, 3.05) is 26.2 Å². The number of nitrogens with zero attached hydrogens (tertiary/aromatic N) is 2. The molecular formula is C22H22ClN3O2. The maximum absolute atomic E-state index is 12.7. The second kappa shape index (κ2) is 7.78. The second-order valence-electron chi connectivity index (χ2n) is 7.21. The van der Waals surface area contributed by atoms with Crippen molar-refractivity contribution in [1.29, 1.82) is 0 Å². The number of aryl methyl sites for hydroxylation is 1. The molecular weight excluding hydrogens is 374 g/mol. The van der Waals surface area contributed by atoms with E-state index in [1.165, 1.54) is 0 Å². The number of carbonyl (C=O) groups excluding carboxylic acids is 1. The molecule has 1 saturated heterocycles. The van der Waals surface area contributed by atoms with Crippen LogP contribution >= 0.6 is 11.6 Å². The summed E-state index contributed by atoms with van der Waals surface area (Å²) in [6.07, 6.45) is 0. The van der Waals surface area contributed by atoms with E-state index in [0.29, 0.717) is 30.2 Å². The van der Waals surface area contributed by atoms with Gasteiger partial charge < -0.3 is 9.88 Å². The van der Waals surface area contributed by atoms with Gasteiger partial charge >= 0.3 is 0 Å². The molecule has 5 nitrogen and oxygen atoms in total. The zero-order valence-corrected chi connectivity index (χ0v) is 16.5. The number of fused-ring (bicyclic) bond motifs is 1. The molecule has 1 aliphatic heterocycles. The molecule has 6 heteroatoms. The largest absolute Gasteiger partial charge is 0.336 e. The van der Waals surface area contributed by atoms with E-state index < -0.39 is 0 Å². The number of amides is 1. The predicted molar refractivity (Wildman–Crippen MR) is 112 cm³/mol. The molecule has 1 amide bonds. The smallest absolute Gasteiger partial charge is 0.255 e. The summed E-state index contributed by atoms with van der Waals surface area (Å²) in [6, 6.07) is 15.1. The van der Waals surface area contributed by atoms with Crippen LogP contribution in [0, 0.1) is 6.92 Å². The van der Waals surface area contributed by atoms with Gasteiger partial charge in [-0.25, -0.2) is 0 Å². The zero-order valence-electron chi connectivity index (χ0n) is 15.7. The summed E-state index contributed by atoms with van der Waals surface area (Å²) < 4.78 is 0. The molecule has 0 saturated carbocycles. The van der Waals surface area contributed by atoms with Gasteiger partial charge in [-0.15, -0.1) is 0 Å². The molecule has 0 bridgehead atoms. The number of rotatable bonds is 3. The van der Waals surface area contributed by atoms with E-state index in [2.05, 4.69) is 9.88 Å². The van der Waals surface area contributed by atoms with Crippen LogP contribution in [0.5, 0.6) is 0 Å². The topological polar surface area (TPSA) is 56.4 Å². The van der Waals surface area contributed by atoms with Gasteiger partial charge in [0, 0.05) is 38.3 Å². The highest BCUT2D eigenvalue weighted by atomic mass is 35.5. The molecule has 0 spiro atoms. The van der Waals surface area contributed by atoms with Gasteiger partial charge in [0.05, 0.1) is 16.1 Å².